The molecule has 0 heterocycles. The van der Waals surface area contributed by atoms with Crippen LogP contribution >= 0.6 is 27.7 Å². The van der Waals surface area contributed by atoms with Crippen LogP contribution in [-0.2, 0) is 0 Å². The second kappa shape index (κ2) is 6.69. The van der Waals surface area contributed by atoms with E-state index in [1.54, 1.807) is 18.9 Å². The van der Waals surface area contributed by atoms with Crippen molar-refractivity contribution in [2.24, 2.45) is 0 Å². The maximum atomic E-state index is 9.31. The number of rotatable bonds is 4. The fraction of sp³-hybridized carbons (Fsp3) is 0.133. The Hall–Kier alpha value is -1.64. The molecule has 1 N–H and O–H groups in total. The van der Waals surface area contributed by atoms with Gasteiger partial charge in [0.05, 0.1) is 22.8 Å². The SMILES string of the molecule is COc1ccc(Nc2cccc(SC)c2C#N)cc1Br. The number of nitriles is 1. The van der Waals surface area contributed by atoms with Crippen molar-refractivity contribution in [2.75, 3.05) is 18.7 Å². The van der Waals surface area contributed by atoms with Crippen molar-refractivity contribution in [3.63, 3.8) is 0 Å². The van der Waals surface area contributed by atoms with Gasteiger partial charge in [-0.2, -0.15) is 5.26 Å². The summed E-state index contributed by atoms with van der Waals surface area (Å²) in [6, 6.07) is 13.7. The normalized spacial score (nSPS) is 9.90. The molecule has 0 amide bonds. The Morgan fingerprint density at radius 1 is 1.30 bits per heavy atom. The molecule has 0 atom stereocenters. The zero-order chi connectivity index (χ0) is 14.5. The Morgan fingerprint density at radius 2 is 2.10 bits per heavy atom. The third-order valence-electron chi connectivity index (χ3n) is 2.79. The fourth-order valence-electron chi connectivity index (χ4n) is 1.82. The lowest BCUT2D eigenvalue weighted by molar-refractivity contribution is 0.412. The molecule has 3 nitrogen and oxygen atoms in total. The van der Waals surface area contributed by atoms with Gasteiger partial charge in [-0.25, -0.2) is 0 Å². The largest absolute Gasteiger partial charge is 0.496 e. The summed E-state index contributed by atoms with van der Waals surface area (Å²) in [6.45, 7) is 0. The van der Waals surface area contributed by atoms with E-state index < -0.39 is 0 Å². The quantitative estimate of drug-likeness (QED) is 0.806. The number of ether oxygens (including phenoxy) is 1. The van der Waals surface area contributed by atoms with Crippen LogP contribution in [0.4, 0.5) is 11.4 Å². The zero-order valence-corrected chi connectivity index (χ0v) is 13.5. The highest BCUT2D eigenvalue weighted by Crippen LogP contribution is 2.32. The van der Waals surface area contributed by atoms with E-state index in [0.717, 1.165) is 26.5 Å². The molecule has 0 unspecified atom stereocenters. The first-order chi connectivity index (χ1) is 9.69. The molecule has 2 rings (SSSR count). The van der Waals surface area contributed by atoms with Crippen LogP contribution in [0.25, 0.3) is 0 Å². The van der Waals surface area contributed by atoms with Crippen LogP contribution in [0.1, 0.15) is 5.56 Å². The summed E-state index contributed by atoms with van der Waals surface area (Å²) >= 11 is 5.01. The van der Waals surface area contributed by atoms with Gasteiger partial charge in [0.2, 0.25) is 0 Å². The van der Waals surface area contributed by atoms with Crippen molar-refractivity contribution in [2.45, 2.75) is 4.90 Å². The molecule has 0 aliphatic rings. The monoisotopic (exact) mass is 348 g/mol. The van der Waals surface area contributed by atoms with E-state index >= 15 is 0 Å². The Morgan fingerprint density at radius 3 is 2.70 bits per heavy atom. The van der Waals surface area contributed by atoms with Crippen LogP contribution in [0.15, 0.2) is 45.8 Å². The number of hydrogen-bond acceptors (Lipinski definition) is 4. The highest BCUT2D eigenvalue weighted by molar-refractivity contribution is 9.10. The number of benzene rings is 2. The van der Waals surface area contributed by atoms with Gasteiger partial charge < -0.3 is 10.1 Å². The number of nitrogens with zero attached hydrogens (tertiary/aromatic N) is 1. The van der Waals surface area contributed by atoms with Crippen molar-refractivity contribution in [3.05, 3.63) is 46.4 Å². The van der Waals surface area contributed by atoms with Crippen LogP contribution in [0, 0.1) is 11.3 Å². The molecule has 2 aromatic carbocycles. The lowest BCUT2D eigenvalue weighted by atomic mass is 10.2. The average Bonchev–Trinajstić information content (AvgIpc) is 2.47. The summed E-state index contributed by atoms with van der Waals surface area (Å²) in [7, 11) is 1.63. The Balaban J connectivity index is 2.35. The number of hydrogen-bond donors (Lipinski definition) is 1. The molecule has 102 valence electrons. The Labute approximate surface area is 131 Å². The van der Waals surface area contributed by atoms with Crippen LogP contribution in [0.2, 0.25) is 0 Å². The first kappa shape index (κ1) is 14.8. The van der Waals surface area contributed by atoms with Gasteiger partial charge in [0, 0.05) is 10.6 Å². The molecule has 0 aliphatic carbocycles. The zero-order valence-electron chi connectivity index (χ0n) is 11.1. The van der Waals surface area contributed by atoms with E-state index in [1.165, 1.54) is 0 Å². The summed E-state index contributed by atoms with van der Waals surface area (Å²) in [6.07, 6.45) is 1.96. The second-order valence-corrected chi connectivity index (χ2v) is 5.67. The van der Waals surface area contributed by atoms with E-state index in [4.69, 9.17) is 4.74 Å². The van der Waals surface area contributed by atoms with Gasteiger partial charge in [-0.3, -0.25) is 0 Å². The Bertz CT molecular complexity index is 667. The second-order valence-electron chi connectivity index (χ2n) is 3.97. The maximum Gasteiger partial charge on any atom is 0.133 e. The number of anilines is 2. The molecule has 5 heteroatoms. The van der Waals surface area contributed by atoms with Gasteiger partial charge in [-0.1, -0.05) is 6.07 Å². The predicted molar refractivity (Wildman–Crippen MR) is 86.9 cm³/mol. The van der Waals surface area contributed by atoms with Crippen LogP contribution in [0.5, 0.6) is 5.75 Å². The highest BCUT2D eigenvalue weighted by Gasteiger charge is 2.08. The third kappa shape index (κ3) is 3.09. The smallest absolute Gasteiger partial charge is 0.133 e. The van der Waals surface area contributed by atoms with Gasteiger partial charge in [-0.05, 0) is 52.5 Å². The van der Waals surface area contributed by atoms with Crippen molar-refractivity contribution >= 4 is 39.1 Å². The first-order valence-electron chi connectivity index (χ1n) is 5.87. The minimum Gasteiger partial charge on any atom is -0.496 e. The molecule has 0 saturated carbocycles. The van der Waals surface area contributed by atoms with Crippen molar-refractivity contribution in [1.29, 1.82) is 5.26 Å². The number of thioether (sulfide) groups is 1. The molecular weight excluding hydrogens is 336 g/mol. The minimum absolute atomic E-state index is 0.659. The molecule has 0 aliphatic heterocycles. The summed E-state index contributed by atoms with van der Waals surface area (Å²) in [5.41, 5.74) is 2.36. The van der Waals surface area contributed by atoms with Gasteiger partial charge in [0.15, 0.2) is 0 Å². The van der Waals surface area contributed by atoms with E-state index in [2.05, 4.69) is 27.3 Å². The van der Waals surface area contributed by atoms with E-state index in [0.29, 0.717) is 5.56 Å². The van der Waals surface area contributed by atoms with Crippen LogP contribution in [0.3, 0.4) is 0 Å². The summed E-state index contributed by atoms with van der Waals surface area (Å²) in [4.78, 5) is 0.963. The predicted octanol–water partition coefficient (Wildman–Crippen LogP) is 4.79. The van der Waals surface area contributed by atoms with Gasteiger partial charge in [0.25, 0.3) is 0 Å². The average molecular weight is 349 g/mol. The summed E-state index contributed by atoms with van der Waals surface area (Å²) in [5, 5.41) is 12.6. The van der Waals surface area contributed by atoms with E-state index in [1.807, 2.05) is 42.7 Å². The maximum absolute atomic E-state index is 9.31. The molecule has 20 heavy (non-hydrogen) atoms. The molecule has 0 radical (unpaired) electrons. The summed E-state index contributed by atoms with van der Waals surface area (Å²) < 4.78 is 6.07. The number of methoxy groups -OCH3 is 1. The van der Waals surface area contributed by atoms with Gasteiger partial charge >= 0.3 is 0 Å². The van der Waals surface area contributed by atoms with Crippen molar-refractivity contribution < 1.29 is 4.74 Å². The molecule has 0 spiro atoms. The first-order valence-corrected chi connectivity index (χ1v) is 7.89. The molecule has 0 saturated heterocycles. The Kier molecular flexibility index (Phi) is 4.94. The lowest BCUT2D eigenvalue weighted by Gasteiger charge is -2.12. The summed E-state index contributed by atoms with van der Waals surface area (Å²) in [5.74, 6) is 0.772. The van der Waals surface area contributed by atoms with Crippen molar-refractivity contribution in [1.82, 2.24) is 0 Å². The fourth-order valence-corrected chi connectivity index (χ4v) is 2.94. The van der Waals surface area contributed by atoms with Crippen LogP contribution < -0.4 is 10.1 Å². The van der Waals surface area contributed by atoms with Gasteiger partial charge in [0.1, 0.15) is 11.8 Å². The standard InChI is InChI=1S/C15H13BrN2OS/c1-19-14-7-6-10(8-12(14)16)18-13-4-3-5-15(20-2)11(13)9-17/h3-8,18H,1-2H3. The molecule has 0 aromatic heterocycles. The molecular formula is C15H13BrN2OS. The van der Waals surface area contributed by atoms with E-state index in [9.17, 15) is 5.26 Å². The minimum atomic E-state index is 0.659. The lowest BCUT2D eigenvalue weighted by Crippen LogP contribution is -1.95. The molecule has 2 aromatic rings. The third-order valence-corrected chi connectivity index (χ3v) is 4.19. The molecule has 0 bridgehead atoms. The number of nitrogens with one attached hydrogen (secondary N) is 1. The number of halogens is 1. The van der Waals surface area contributed by atoms with Gasteiger partial charge in [-0.15, -0.1) is 11.8 Å². The van der Waals surface area contributed by atoms with Crippen molar-refractivity contribution in [3.8, 4) is 11.8 Å². The highest BCUT2D eigenvalue weighted by atomic mass is 79.9. The van der Waals surface area contributed by atoms with E-state index in [-0.39, 0.29) is 0 Å². The topological polar surface area (TPSA) is 45.0 Å². The van der Waals surface area contributed by atoms with Crippen LogP contribution in [-0.4, -0.2) is 13.4 Å². The molecule has 0 fully saturated rings.